The summed E-state index contributed by atoms with van der Waals surface area (Å²) < 4.78 is 0. The number of phenolic OH excluding ortho intramolecular Hbond substituents is 2. The molecule has 1 aromatic rings. The number of phenols is 2. The van der Waals surface area contributed by atoms with E-state index in [-0.39, 0.29) is 29.1 Å². The Morgan fingerprint density at radius 3 is 2.31 bits per heavy atom. The fraction of sp³-hybridized carbons (Fsp3) is 0.462. The van der Waals surface area contributed by atoms with Crippen LogP contribution in [0.3, 0.4) is 0 Å². The van der Waals surface area contributed by atoms with E-state index < -0.39 is 0 Å². The molecule has 1 unspecified atom stereocenters. The average molecular weight is 222 g/mol. The zero-order valence-corrected chi connectivity index (χ0v) is 9.90. The lowest BCUT2D eigenvalue weighted by Gasteiger charge is -2.17. The van der Waals surface area contributed by atoms with Crippen LogP contribution in [0.25, 0.3) is 0 Å². The molecule has 1 aromatic carbocycles. The molecule has 3 heteroatoms. The summed E-state index contributed by atoms with van der Waals surface area (Å²) in [5, 5.41) is 18.5. The summed E-state index contributed by atoms with van der Waals surface area (Å²) in [5.41, 5.74) is 0.454. The molecular formula is C13H18O3. The van der Waals surface area contributed by atoms with Crippen molar-refractivity contribution in [3.8, 4) is 11.5 Å². The summed E-state index contributed by atoms with van der Waals surface area (Å²) in [6, 6.07) is 4.21. The topological polar surface area (TPSA) is 57.5 Å². The number of benzene rings is 1. The predicted molar refractivity (Wildman–Crippen MR) is 62.7 cm³/mol. The summed E-state index contributed by atoms with van der Waals surface area (Å²) in [4.78, 5) is 12.1. The Balaban J connectivity index is 2.99. The minimum absolute atomic E-state index is 0.0211. The second kappa shape index (κ2) is 5.01. The fourth-order valence-electron chi connectivity index (χ4n) is 1.85. The van der Waals surface area contributed by atoms with Gasteiger partial charge in [0.25, 0.3) is 0 Å². The molecule has 0 aromatic heterocycles. The van der Waals surface area contributed by atoms with Crippen molar-refractivity contribution in [1.29, 1.82) is 0 Å². The van der Waals surface area contributed by atoms with E-state index in [1.165, 1.54) is 12.1 Å². The van der Waals surface area contributed by atoms with Crippen molar-refractivity contribution in [3.63, 3.8) is 0 Å². The number of carbonyl (C=O) groups excluding carboxylic acids is 1. The van der Waals surface area contributed by atoms with Crippen molar-refractivity contribution in [1.82, 2.24) is 0 Å². The highest BCUT2D eigenvalue weighted by Crippen LogP contribution is 2.28. The van der Waals surface area contributed by atoms with Crippen molar-refractivity contribution in [2.75, 3.05) is 0 Å². The maximum atomic E-state index is 12.1. The third-order valence-corrected chi connectivity index (χ3v) is 2.84. The molecule has 0 radical (unpaired) electrons. The van der Waals surface area contributed by atoms with E-state index in [4.69, 9.17) is 5.11 Å². The Hall–Kier alpha value is -1.51. The summed E-state index contributed by atoms with van der Waals surface area (Å²) in [5.74, 6) is -0.191. The summed E-state index contributed by atoms with van der Waals surface area (Å²) in [7, 11) is 0. The average Bonchev–Trinajstić information content (AvgIpc) is 2.22. The lowest BCUT2D eigenvalue weighted by atomic mass is 9.86. The smallest absolute Gasteiger partial charge is 0.166 e. The van der Waals surface area contributed by atoms with E-state index >= 15 is 0 Å². The molecule has 3 nitrogen and oxygen atoms in total. The summed E-state index contributed by atoms with van der Waals surface area (Å²) in [6.45, 7) is 5.99. The van der Waals surface area contributed by atoms with Gasteiger partial charge < -0.3 is 10.2 Å². The Morgan fingerprint density at radius 1 is 1.25 bits per heavy atom. The summed E-state index contributed by atoms with van der Waals surface area (Å²) in [6.07, 6.45) is 0.776. The molecule has 0 bridgehead atoms. The van der Waals surface area contributed by atoms with Gasteiger partial charge in [-0.2, -0.15) is 0 Å². The first-order valence-corrected chi connectivity index (χ1v) is 5.53. The minimum atomic E-state index is -0.246. The van der Waals surface area contributed by atoms with Crippen molar-refractivity contribution in [2.45, 2.75) is 27.2 Å². The highest BCUT2D eigenvalue weighted by Gasteiger charge is 2.22. The number of hydrogen-bond donors (Lipinski definition) is 2. The van der Waals surface area contributed by atoms with Gasteiger partial charge in [-0.15, -0.1) is 0 Å². The lowest BCUT2D eigenvalue weighted by molar-refractivity contribution is 0.0881. The Morgan fingerprint density at radius 2 is 1.88 bits per heavy atom. The number of rotatable bonds is 4. The van der Waals surface area contributed by atoms with Crippen molar-refractivity contribution < 1.29 is 15.0 Å². The highest BCUT2D eigenvalue weighted by atomic mass is 16.3. The quantitative estimate of drug-likeness (QED) is 0.608. The van der Waals surface area contributed by atoms with Gasteiger partial charge >= 0.3 is 0 Å². The monoisotopic (exact) mass is 222 g/mol. The second-order valence-corrected chi connectivity index (χ2v) is 4.33. The Kier molecular flexibility index (Phi) is 3.93. The van der Waals surface area contributed by atoms with Gasteiger partial charge in [0.15, 0.2) is 17.3 Å². The maximum absolute atomic E-state index is 12.1. The molecule has 1 rings (SSSR count). The third kappa shape index (κ3) is 2.54. The molecule has 88 valence electrons. The lowest BCUT2D eigenvalue weighted by Crippen LogP contribution is -2.19. The van der Waals surface area contributed by atoms with Gasteiger partial charge in [0, 0.05) is 11.5 Å². The minimum Gasteiger partial charge on any atom is -0.504 e. The third-order valence-electron chi connectivity index (χ3n) is 2.84. The van der Waals surface area contributed by atoms with Gasteiger partial charge in [-0.25, -0.2) is 0 Å². The molecule has 16 heavy (non-hydrogen) atoms. The highest BCUT2D eigenvalue weighted by molar-refractivity contribution is 5.98. The van der Waals surface area contributed by atoms with Crippen LogP contribution in [-0.2, 0) is 0 Å². The van der Waals surface area contributed by atoms with Gasteiger partial charge in [-0.05, 0) is 30.5 Å². The number of ketones is 1. The zero-order chi connectivity index (χ0) is 12.3. The van der Waals surface area contributed by atoms with Crippen LogP contribution in [0.1, 0.15) is 37.6 Å². The van der Waals surface area contributed by atoms with E-state index in [0.717, 1.165) is 6.42 Å². The van der Waals surface area contributed by atoms with E-state index in [1.807, 2.05) is 20.8 Å². The molecule has 0 saturated carbocycles. The van der Waals surface area contributed by atoms with Gasteiger partial charge in [-0.3, -0.25) is 4.79 Å². The molecule has 0 fully saturated rings. The molecule has 0 aliphatic carbocycles. The Labute approximate surface area is 95.7 Å². The first kappa shape index (κ1) is 12.6. The number of aromatic hydroxyl groups is 2. The van der Waals surface area contributed by atoms with Crippen LogP contribution in [0.15, 0.2) is 18.2 Å². The van der Waals surface area contributed by atoms with Gasteiger partial charge in [0.2, 0.25) is 0 Å². The SMILES string of the molecule is CCC(C(=O)c1ccc(O)c(O)c1)C(C)C. The normalized spacial score (nSPS) is 12.8. The molecule has 0 aliphatic rings. The van der Waals surface area contributed by atoms with Crippen LogP contribution in [0.2, 0.25) is 0 Å². The number of Topliss-reactive ketones (excluding diaryl/α,β-unsaturated/α-hetero) is 1. The first-order chi connectivity index (χ1) is 7.47. The Bertz CT molecular complexity index is 383. The van der Waals surface area contributed by atoms with E-state index in [1.54, 1.807) is 6.07 Å². The largest absolute Gasteiger partial charge is 0.504 e. The molecule has 0 spiro atoms. The zero-order valence-electron chi connectivity index (χ0n) is 9.90. The van der Waals surface area contributed by atoms with Crippen LogP contribution in [0, 0.1) is 11.8 Å². The van der Waals surface area contributed by atoms with E-state index in [0.29, 0.717) is 5.56 Å². The number of carbonyl (C=O) groups is 1. The van der Waals surface area contributed by atoms with Gasteiger partial charge in [0.05, 0.1) is 0 Å². The van der Waals surface area contributed by atoms with Crippen molar-refractivity contribution in [3.05, 3.63) is 23.8 Å². The van der Waals surface area contributed by atoms with Crippen molar-refractivity contribution >= 4 is 5.78 Å². The molecule has 1 atom stereocenters. The first-order valence-electron chi connectivity index (χ1n) is 5.53. The second-order valence-electron chi connectivity index (χ2n) is 4.33. The van der Waals surface area contributed by atoms with Crippen LogP contribution in [0.4, 0.5) is 0 Å². The van der Waals surface area contributed by atoms with Crippen LogP contribution in [-0.4, -0.2) is 16.0 Å². The summed E-state index contributed by atoms with van der Waals surface area (Å²) >= 11 is 0. The van der Waals surface area contributed by atoms with Crippen LogP contribution < -0.4 is 0 Å². The molecule has 0 heterocycles. The standard InChI is InChI=1S/C13H18O3/c1-4-10(8(2)3)13(16)9-5-6-11(14)12(15)7-9/h5-8,10,14-15H,4H2,1-3H3. The van der Waals surface area contributed by atoms with E-state index in [9.17, 15) is 9.90 Å². The maximum Gasteiger partial charge on any atom is 0.166 e. The molecule has 0 saturated heterocycles. The fourth-order valence-corrected chi connectivity index (χ4v) is 1.85. The van der Waals surface area contributed by atoms with Gasteiger partial charge in [-0.1, -0.05) is 20.8 Å². The molecule has 0 aliphatic heterocycles. The molecular weight excluding hydrogens is 204 g/mol. The predicted octanol–water partition coefficient (Wildman–Crippen LogP) is 2.96. The van der Waals surface area contributed by atoms with Gasteiger partial charge in [0.1, 0.15) is 0 Å². The van der Waals surface area contributed by atoms with Crippen LogP contribution >= 0.6 is 0 Å². The number of hydrogen-bond acceptors (Lipinski definition) is 3. The van der Waals surface area contributed by atoms with E-state index in [2.05, 4.69) is 0 Å². The molecule has 0 amide bonds. The van der Waals surface area contributed by atoms with Crippen molar-refractivity contribution in [2.24, 2.45) is 11.8 Å². The molecule has 2 N–H and O–H groups in total. The van der Waals surface area contributed by atoms with Crippen LogP contribution in [0.5, 0.6) is 11.5 Å².